The lowest BCUT2D eigenvalue weighted by Gasteiger charge is -2.61. The minimum absolute atomic E-state index is 0.100. The van der Waals surface area contributed by atoms with Crippen LogP contribution in [-0.2, 0) is 17.1 Å². The van der Waals surface area contributed by atoms with E-state index in [0.717, 1.165) is 19.3 Å². The number of nitrogens with one attached hydrogen (secondary N) is 1. The van der Waals surface area contributed by atoms with E-state index in [1.54, 1.807) is 7.05 Å². The third-order valence-corrected chi connectivity index (χ3v) is 5.48. The van der Waals surface area contributed by atoms with Crippen LogP contribution in [0.1, 0.15) is 29.8 Å². The van der Waals surface area contributed by atoms with E-state index in [1.165, 1.54) is 16.8 Å². The first-order valence-corrected chi connectivity index (χ1v) is 7.30. The molecule has 3 fully saturated rings. The highest BCUT2D eigenvalue weighted by Crippen LogP contribution is 2.57. The second-order valence-electron chi connectivity index (χ2n) is 5.40. The summed E-state index contributed by atoms with van der Waals surface area (Å²) in [6, 6.07) is 1.32. The van der Waals surface area contributed by atoms with Crippen LogP contribution in [0.5, 0.6) is 0 Å². The first-order valence-electron chi connectivity index (χ1n) is 5.81. The molecule has 3 saturated carbocycles. The quantitative estimate of drug-likeness (QED) is 0.802. The first kappa shape index (κ1) is 11.7. The highest BCUT2D eigenvalue weighted by molar-refractivity contribution is 7.89. The molecule has 3 aliphatic rings. The van der Waals surface area contributed by atoms with Crippen LogP contribution in [0.3, 0.4) is 0 Å². The van der Waals surface area contributed by atoms with E-state index in [4.69, 9.17) is 5.73 Å². The number of carbonyl (C=O) groups is 1. The number of nitrogens with zero attached hydrogens (tertiary/aromatic N) is 1. The molecule has 2 bridgehead atoms. The fourth-order valence-corrected chi connectivity index (χ4v) is 4.38. The van der Waals surface area contributed by atoms with Gasteiger partial charge in [-0.05, 0) is 31.2 Å². The molecule has 98 valence electrons. The van der Waals surface area contributed by atoms with Gasteiger partial charge in [0.05, 0.1) is 0 Å². The number of nitrogens with two attached hydrogens (primary N) is 1. The maximum atomic E-state index is 12.2. The molecule has 3 aliphatic carbocycles. The van der Waals surface area contributed by atoms with Crippen LogP contribution >= 0.6 is 0 Å². The highest BCUT2D eigenvalue weighted by atomic mass is 32.2. The molecule has 0 saturated heterocycles. The Morgan fingerprint density at radius 1 is 1.50 bits per heavy atom. The summed E-state index contributed by atoms with van der Waals surface area (Å²) in [7, 11) is -1.96. The van der Waals surface area contributed by atoms with E-state index in [2.05, 4.69) is 4.72 Å². The summed E-state index contributed by atoms with van der Waals surface area (Å²) in [5, 5.41) is 0. The van der Waals surface area contributed by atoms with Crippen LogP contribution in [-0.4, -0.2) is 24.4 Å². The number of primary amides is 1. The van der Waals surface area contributed by atoms with E-state index < -0.39 is 15.9 Å². The van der Waals surface area contributed by atoms with Gasteiger partial charge < -0.3 is 10.3 Å². The SMILES string of the molecule is Cn1cc(S(=O)(=O)NC23CC(C2)C3)cc1C(N)=O. The second-order valence-corrected chi connectivity index (χ2v) is 7.08. The van der Waals surface area contributed by atoms with Gasteiger partial charge in [-0.1, -0.05) is 0 Å². The summed E-state index contributed by atoms with van der Waals surface area (Å²) < 4.78 is 28.5. The van der Waals surface area contributed by atoms with Crippen LogP contribution in [0.4, 0.5) is 0 Å². The molecule has 0 unspecified atom stereocenters. The van der Waals surface area contributed by atoms with E-state index in [9.17, 15) is 13.2 Å². The molecule has 18 heavy (non-hydrogen) atoms. The van der Waals surface area contributed by atoms with Crippen LogP contribution in [0.15, 0.2) is 17.2 Å². The minimum Gasteiger partial charge on any atom is -0.364 e. The summed E-state index contributed by atoms with van der Waals surface area (Å²) in [5.41, 5.74) is 5.14. The van der Waals surface area contributed by atoms with Gasteiger partial charge in [-0.25, -0.2) is 13.1 Å². The average molecular weight is 269 g/mol. The molecular weight excluding hydrogens is 254 g/mol. The molecule has 7 heteroatoms. The van der Waals surface area contributed by atoms with Gasteiger partial charge in [0.15, 0.2) is 0 Å². The zero-order chi connectivity index (χ0) is 13.1. The van der Waals surface area contributed by atoms with E-state index in [-0.39, 0.29) is 16.1 Å². The Morgan fingerprint density at radius 3 is 2.50 bits per heavy atom. The number of amides is 1. The standard InChI is InChI=1S/C11H15N3O3S/c1-14-6-8(2-9(14)10(12)15)18(16,17)13-11-3-7(4-11)5-11/h2,6-7,13H,3-5H2,1H3,(H2,12,15). The molecule has 1 aromatic rings. The molecule has 3 N–H and O–H groups in total. The van der Waals surface area contributed by atoms with Crippen molar-refractivity contribution >= 4 is 15.9 Å². The van der Waals surface area contributed by atoms with Gasteiger partial charge in [0, 0.05) is 18.8 Å². The number of aryl methyl sites for hydroxylation is 1. The molecule has 0 spiro atoms. The summed E-state index contributed by atoms with van der Waals surface area (Å²) in [6.45, 7) is 0. The Labute approximate surface area is 105 Å². The van der Waals surface area contributed by atoms with Crippen molar-refractivity contribution < 1.29 is 13.2 Å². The number of rotatable bonds is 4. The van der Waals surface area contributed by atoms with E-state index in [1.807, 2.05) is 0 Å². The fourth-order valence-electron chi connectivity index (χ4n) is 2.87. The normalized spacial score (nSPS) is 29.5. The molecule has 1 heterocycles. The van der Waals surface area contributed by atoms with E-state index >= 15 is 0 Å². The minimum atomic E-state index is -3.55. The molecule has 0 aliphatic heterocycles. The largest absolute Gasteiger partial charge is 0.364 e. The van der Waals surface area contributed by atoms with Gasteiger partial charge in [0.1, 0.15) is 10.6 Å². The van der Waals surface area contributed by atoms with Crippen molar-refractivity contribution in [1.82, 2.24) is 9.29 Å². The predicted molar refractivity (Wildman–Crippen MR) is 64.3 cm³/mol. The molecule has 1 aromatic heterocycles. The second kappa shape index (κ2) is 3.36. The van der Waals surface area contributed by atoms with Crippen molar-refractivity contribution in [2.45, 2.75) is 29.7 Å². The van der Waals surface area contributed by atoms with Crippen molar-refractivity contribution in [3.8, 4) is 0 Å². The molecule has 1 amide bonds. The topological polar surface area (TPSA) is 94.2 Å². The lowest BCUT2D eigenvalue weighted by molar-refractivity contribution is -0.0317. The van der Waals surface area contributed by atoms with Crippen molar-refractivity contribution in [3.63, 3.8) is 0 Å². The number of hydrogen-bond acceptors (Lipinski definition) is 3. The Morgan fingerprint density at radius 2 is 2.11 bits per heavy atom. The molecule has 4 rings (SSSR count). The van der Waals surface area contributed by atoms with E-state index in [0.29, 0.717) is 5.92 Å². The molecule has 6 nitrogen and oxygen atoms in total. The number of sulfonamides is 1. The summed E-state index contributed by atoms with van der Waals surface area (Å²) in [4.78, 5) is 11.2. The Hall–Kier alpha value is -1.34. The van der Waals surface area contributed by atoms with Gasteiger partial charge >= 0.3 is 0 Å². The third kappa shape index (κ3) is 1.58. The third-order valence-electron chi connectivity index (χ3n) is 3.93. The van der Waals surface area contributed by atoms with Gasteiger partial charge in [-0.15, -0.1) is 0 Å². The zero-order valence-corrected chi connectivity index (χ0v) is 10.8. The number of carbonyl (C=O) groups excluding carboxylic acids is 1. The summed E-state index contributed by atoms with van der Waals surface area (Å²) in [6.07, 6.45) is 4.21. The van der Waals surface area contributed by atoms with Crippen LogP contribution in [0.2, 0.25) is 0 Å². The fraction of sp³-hybridized carbons (Fsp3) is 0.545. The number of hydrogen-bond donors (Lipinski definition) is 2. The zero-order valence-electron chi connectivity index (χ0n) is 10.0. The van der Waals surface area contributed by atoms with Crippen molar-refractivity contribution in [2.24, 2.45) is 18.7 Å². The van der Waals surface area contributed by atoms with Gasteiger partial charge in [0.25, 0.3) is 5.91 Å². The van der Waals surface area contributed by atoms with Gasteiger partial charge in [-0.2, -0.15) is 0 Å². The van der Waals surface area contributed by atoms with Crippen LogP contribution in [0, 0.1) is 5.92 Å². The molecule has 0 atom stereocenters. The summed E-state index contributed by atoms with van der Waals surface area (Å²) >= 11 is 0. The Kier molecular flexibility index (Phi) is 2.19. The first-order chi connectivity index (χ1) is 8.31. The molecule has 0 radical (unpaired) electrons. The predicted octanol–water partition coefficient (Wildman–Crippen LogP) is -0.0452. The summed E-state index contributed by atoms with van der Waals surface area (Å²) in [5.74, 6) is 0.0640. The van der Waals surface area contributed by atoms with Gasteiger partial charge in [-0.3, -0.25) is 4.79 Å². The van der Waals surface area contributed by atoms with Crippen molar-refractivity contribution in [3.05, 3.63) is 18.0 Å². The van der Waals surface area contributed by atoms with Crippen LogP contribution in [0.25, 0.3) is 0 Å². The van der Waals surface area contributed by atoms with Crippen molar-refractivity contribution in [2.75, 3.05) is 0 Å². The monoisotopic (exact) mass is 269 g/mol. The van der Waals surface area contributed by atoms with Crippen LogP contribution < -0.4 is 10.5 Å². The average Bonchev–Trinajstić information content (AvgIpc) is 2.53. The maximum Gasteiger partial charge on any atom is 0.265 e. The molecule has 0 aromatic carbocycles. The smallest absolute Gasteiger partial charge is 0.265 e. The maximum absolute atomic E-state index is 12.2. The lowest BCUT2D eigenvalue weighted by Crippen LogP contribution is -2.67. The molecular formula is C11H15N3O3S. The van der Waals surface area contributed by atoms with Crippen molar-refractivity contribution in [1.29, 1.82) is 0 Å². The Balaban J connectivity index is 1.88. The highest BCUT2D eigenvalue weighted by Gasteiger charge is 2.58. The number of aromatic nitrogens is 1. The lowest BCUT2D eigenvalue weighted by atomic mass is 9.50. The Bertz CT molecular complexity index is 615. The van der Waals surface area contributed by atoms with Gasteiger partial charge in [0.2, 0.25) is 10.0 Å².